The molecule has 1 aliphatic rings. The minimum atomic E-state index is -0.528. The third kappa shape index (κ3) is 2.48. The minimum absolute atomic E-state index is 0.131. The normalized spacial score (nSPS) is 15.4. The number of anilines is 1. The summed E-state index contributed by atoms with van der Waals surface area (Å²) >= 11 is 0. The predicted octanol–water partition coefficient (Wildman–Crippen LogP) is 2.85. The number of urea groups is 1. The summed E-state index contributed by atoms with van der Waals surface area (Å²) in [5, 5.41) is 2.80. The molecule has 1 heterocycles. The lowest BCUT2D eigenvalue weighted by Gasteiger charge is -2.27. The molecule has 2 amide bonds. The molecule has 0 aromatic heterocycles. The van der Waals surface area contributed by atoms with Crippen molar-refractivity contribution in [3.63, 3.8) is 0 Å². The molecule has 5 heteroatoms. The van der Waals surface area contributed by atoms with E-state index in [2.05, 4.69) is 5.32 Å². The number of carbonyl (C=O) groups excluding carboxylic acids is 1. The van der Waals surface area contributed by atoms with E-state index in [4.69, 9.17) is 5.73 Å². The monoisotopic (exact) mass is 285 g/mol. The highest BCUT2D eigenvalue weighted by molar-refractivity contribution is 5.92. The molecule has 1 aliphatic heterocycles. The molecule has 1 atom stereocenters. The molecule has 4 nitrogen and oxygen atoms in total. The van der Waals surface area contributed by atoms with Crippen molar-refractivity contribution in [1.82, 2.24) is 4.90 Å². The number of fused-ring (bicyclic) bond motifs is 1. The zero-order valence-electron chi connectivity index (χ0n) is 11.6. The number of nitrogens with zero attached hydrogens (tertiary/aromatic N) is 1. The van der Waals surface area contributed by atoms with Crippen molar-refractivity contribution in [1.29, 1.82) is 0 Å². The zero-order valence-corrected chi connectivity index (χ0v) is 11.6. The van der Waals surface area contributed by atoms with Gasteiger partial charge in [0.2, 0.25) is 0 Å². The van der Waals surface area contributed by atoms with Crippen LogP contribution in [0.3, 0.4) is 0 Å². The van der Waals surface area contributed by atoms with Gasteiger partial charge in [-0.15, -0.1) is 0 Å². The maximum absolute atomic E-state index is 13.8. The van der Waals surface area contributed by atoms with Crippen molar-refractivity contribution >= 4 is 11.7 Å². The van der Waals surface area contributed by atoms with E-state index in [1.807, 2.05) is 18.2 Å². The highest BCUT2D eigenvalue weighted by atomic mass is 19.1. The van der Waals surface area contributed by atoms with Crippen LogP contribution < -0.4 is 11.1 Å². The fraction of sp³-hybridized carbons (Fsp3) is 0.188. The highest BCUT2D eigenvalue weighted by Crippen LogP contribution is 2.28. The van der Waals surface area contributed by atoms with Gasteiger partial charge in [-0.2, -0.15) is 0 Å². The second-order valence-corrected chi connectivity index (χ2v) is 5.20. The summed E-state index contributed by atoms with van der Waals surface area (Å²) in [4.78, 5) is 13.2. The SMILES string of the molecule is CN1Cc2cc(C(N)c3ccccc3F)ccc2NC1=O. The van der Waals surface area contributed by atoms with Crippen LogP contribution in [0, 0.1) is 5.82 Å². The van der Waals surface area contributed by atoms with E-state index in [-0.39, 0.29) is 11.8 Å². The molecule has 0 spiro atoms. The Labute approximate surface area is 122 Å². The van der Waals surface area contributed by atoms with Crippen molar-refractivity contribution in [3.8, 4) is 0 Å². The highest BCUT2D eigenvalue weighted by Gasteiger charge is 2.21. The number of nitrogens with two attached hydrogens (primary N) is 1. The van der Waals surface area contributed by atoms with E-state index in [0.717, 1.165) is 16.8 Å². The fourth-order valence-electron chi connectivity index (χ4n) is 2.50. The lowest BCUT2D eigenvalue weighted by molar-refractivity contribution is 0.218. The molecule has 0 saturated carbocycles. The standard InChI is InChI=1S/C16H16FN3O/c1-20-9-11-8-10(6-7-14(11)19-16(20)21)15(18)12-4-2-3-5-13(12)17/h2-8,15H,9,18H2,1H3,(H,19,21). The first-order valence-corrected chi connectivity index (χ1v) is 6.71. The lowest BCUT2D eigenvalue weighted by atomic mass is 9.96. The first kappa shape index (κ1) is 13.6. The molecule has 2 aromatic carbocycles. The van der Waals surface area contributed by atoms with Crippen LogP contribution in [0.1, 0.15) is 22.7 Å². The van der Waals surface area contributed by atoms with Gasteiger partial charge < -0.3 is 16.0 Å². The van der Waals surface area contributed by atoms with Crippen LogP contribution in [-0.4, -0.2) is 18.0 Å². The maximum atomic E-state index is 13.8. The number of carbonyl (C=O) groups is 1. The van der Waals surface area contributed by atoms with Crippen molar-refractivity contribution in [3.05, 3.63) is 65.0 Å². The van der Waals surface area contributed by atoms with Gasteiger partial charge in [0, 0.05) is 24.8 Å². The zero-order chi connectivity index (χ0) is 15.0. The lowest BCUT2D eigenvalue weighted by Crippen LogP contribution is -2.35. The quantitative estimate of drug-likeness (QED) is 0.891. The summed E-state index contributed by atoms with van der Waals surface area (Å²) in [5.74, 6) is -0.312. The Kier molecular flexibility index (Phi) is 3.35. The van der Waals surface area contributed by atoms with Crippen LogP contribution in [0.2, 0.25) is 0 Å². The van der Waals surface area contributed by atoms with Crippen molar-refractivity contribution in [2.45, 2.75) is 12.6 Å². The molecule has 0 fully saturated rings. The van der Waals surface area contributed by atoms with Crippen LogP contribution in [-0.2, 0) is 6.54 Å². The average Bonchev–Trinajstić information content (AvgIpc) is 2.48. The summed E-state index contributed by atoms with van der Waals surface area (Å²) in [7, 11) is 1.72. The molecule has 2 aromatic rings. The smallest absolute Gasteiger partial charge is 0.321 e. The number of benzene rings is 2. The van der Waals surface area contributed by atoms with Gasteiger partial charge in [-0.1, -0.05) is 30.3 Å². The Morgan fingerprint density at radius 2 is 2.05 bits per heavy atom. The van der Waals surface area contributed by atoms with Gasteiger partial charge in [0.1, 0.15) is 5.82 Å². The van der Waals surface area contributed by atoms with E-state index in [1.165, 1.54) is 6.07 Å². The number of rotatable bonds is 2. The summed E-state index contributed by atoms with van der Waals surface area (Å²) in [6.07, 6.45) is 0. The van der Waals surface area contributed by atoms with Gasteiger partial charge in [-0.05, 0) is 23.3 Å². The van der Waals surface area contributed by atoms with Gasteiger partial charge in [-0.25, -0.2) is 9.18 Å². The Balaban J connectivity index is 1.96. The summed E-state index contributed by atoms with van der Waals surface area (Å²) in [6.45, 7) is 0.513. The molecular weight excluding hydrogens is 269 g/mol. The number of amides is 2. The number of hydrogen-bond donors (Lipinski definition) is 2. The van der Waals surface area contributed by atoms with Crippen molar-refractivity contribution in [2.75, 3.05) is 12.4 Å². The molecule has 108 valence electrons. The molecule has 0 radical (unpaired) electrons. The number of hydrogen-bond acceptors (Lipinski definition) is 2. The summed E-state index contributed by atoms with van der Waals surface area (Å²) in [6, 6.07) is 11.4. The minimum Gasteiger partial charge on any atom is -0.323 e. The van der Waals surface area contributed by atoms with Crippen LogP contribution in [0.4, 0.5) is 14.9 Å². The second kappa shape index (κ2) is 5.18. The fourth-order valence-corrected chi connectivity index (χ4v) is 2.50. The van der Waals surface area contributed by atoms with Crippen LogP contribution in [0.25, 0.3) is 0 Å². The Morgan fingerprint density at radius 3 is 2.81 bits per heavy atom. The van der Waals surface area contributed by atoms with E-state index >= 15 is 0 Å². The van der Waals surface area contributed by atoms with Crippen molar-refractivity contribution in [2.24, 2.45) is 5.73 Å². The molecule has 0 aliphatic carbocycles. The Hall–Kier alpha value is -2.40. The Morgan fingerprint density at radius 1 is 1.29 bits per heavy atom. The van der Waals surface area contributed by atoms with E-state index in [1.54, 1.807) is 30.1 Å². The van der Waals surface area contributed by atoms with Gasteiger partial charge in [0.15, 0.2) is 0 Å². The largest absolute Gasteiger partial charge is 0.323 e. The van der Waals surface area contributed by atoms with Crippen LogP contribution in [0.15, 0.2) is 42.5 Å². The van der Waals surface area contributed by atoms with Gasteiger partial charge in [0.25, 0.3) is 0 Å². The molecule has 0 bridgehead atoms. The number of halogens is 1. The van der Waals surface area contributed by atoms with Crippen molar-refractivity contribution < 1.29 is 9.18 Å². The third-order valence-corrected chi connectivity index (χ3v) is 3.72. The van der Waals surface area contributed by atoms with E-state index in [9.17, 15) is 9.18 Å². The first-order chi connectivity index (χ1) is 10.1. The molecule has 1 unspecified atom stereocenters. The molecule has 3 N–H and O–H groups in total. The maximum Gasteiger partial charge on any atom is 0.321 e. The van der Waals surface area contributed by atoms with Gasteiger partial charge in [-0.3, -0.25) is 0 Å². The first-order valence-electron chi connectivity index (χ1n) is 6.71. The van der Waals surface area contributed by atoms with E-state index < -0.39 is 6.04 Å². The number of nitrogens with one attached hydrogen (secondary N) is 1. The molecule has 3 rings (SSSR count). The molecule has 0 saturated heterocycles. The predicted molar refractivity (Wildman–Crippen MR) is 79.4 cm³/mol. The topological polar surface area (TPSA) is 58.4 Å². The summed E-state index contributed by atoms with van der Waals surface area (Å²) < 4.78 is 13.8. The van der Waals surface area contributed by atoms with Crippen LogP contribution in [0.5, 0.6) is 0 Å². The van der Waals surface area contributed by atoms with E-state index in [0.29, 0.717) is 12.1 Å². The second-order valence-electron chi connectivity index (χ2n) is 5.20. The summed E-state index contributed by atoms with van der Waals surface area (Å²) in [5.41, 5.74) is 9.21. The average molecular weight is 285 g/mol. The third-order valence-electron chi connectivity index (χ3n) is 3.72. The molecular formula is C16H16FN3O. The molecule has 21 heavy (non-hydrogen) atoms. The van der Waals surface area contributed by atoms with Crippen LogP contribution >= 0.6 is 0 Å². The van der Waals surface area contributed by atoms with Gasteiger partial charge >= 0.3 is 6.03 Å². The Bertz CT molecular complexity index is 702. The van der Waals surface area contributed by atoms with Gasteiger partial charge in [0.05, 0.1) is 6.04 Å².